The van der Waals surface area contributed by atoms with E-state index in [1.807, 2.05) is 0 Å². The highest BCUT2D eigenvalue weighted by Crippen LogP contribution is 2.56. The van der Waals surface area contributed by atoms with Crippen LogP contribution in [0.4, 0.5) is 0 Å². The van der Waals surface area contributed by atoms with E-state index in [1.54, 1.807) is 0 Å². The zero-order valence-corrected chi connectivity index (χ0v) is 29.8. The smallest absolute Gasteiger partial charge is 0.0165 e. The Kier molecular flexibility index (Phi) is 6.40. The molecule has 0 nitrogen and oxygen atoms in total. The monoisotopic (exact) mass is 672 g/mol. The Hall–Kier alpha value is -6.50. The molecule has 0 radical (unpaired) electrons. The molecule has 0 heterocycles. The Morgan fingerprint density at radius 1 is 0.302 bits per heavy atom. The van der Waals surface area contributed by atoms with Crippen LogP contribution in [-0.4, -0.2) is 0 Å². The zero-order chi connectivity index (χ0) is 35.3. The van der Waals surface area contributed by atoms with E-state index in [0.717, 1.165) is 0 Å². The van der Waals surface area contributed by atoms with Gasteiger partial charge in [-0.3, -0.25) is 0 Å². The van der Waals surface area contributed by atoms with Crippen LogP contribution in [0.1, 0.15) is 25.0 Å². The molecule has 0 amide bonds. The van der Waals surface area contributed by atoms with Crippen LogP contribution in [0.25, 0.3) is 98.4 Å². The van der Waals surface area contributed by atoms with Crippen LogP contribution in [0.3, 0.4) is 0 Å². The quantitative estimate of drug-likeness (QED) is 0.129. The number of hydrogen-bond acceptors (Lipinski definition) is 0. The first kappa shape index (κ1) is 30.2. The van der Waals surface area contributed by atoms with E-state index in [-0.39, 0.29) is 5.41 Å². The molecule has 0 spiro atoms. The molecule has 0 bridgehead atoms. The van der Waals surface area contributed by atoms with Crippen molar-refractivity contribution in [2.24, 2.45) is 0 Å². The SMILES string of the molecule is CC1(C)c2cc3ccccc3cc2-c2c1c1ccc(-c3c4ccccc4c(-c4ccccc4-c4ccccc4)c4ccccc34)cc1c1ccccc21. The Morgan fingerprint density at radius 2 is 0.811 bits per heavy atom. The lowest BCUT2D eigenvalue weighted by Crippen LogP contribution is -2.15. The van der Waals surface area contributed by atoms with Gasteiger partial charge in [-0.1, -0.05) is 178 Å². The molecule has 0 atom stereocenters. The van der Waals surface area contributed by atoms with Gasteiger partial charge in [-0.05, 0) is 128 Å². The summed E-state index contributed by atoms with van der Waals surface area (Å²) < 4.78 is 0. The molecule has 0 aromatic heterocycles. The van der Waals surface area contributed by atoms with Crippen molar-refractivity contribution >= 4 is 53.9 Å². The van der Waals surface area contributed by atoms with Gasteiger partial charge in [0, 0.05) is 5.41 Å². The maximum absolute atomic E-state index is 2.49. The maximum Gasteiger partial charge on any atom is 0.0165 e. The topological polar surface area (TPSA) is 0 Å². The number of rotatable bonds is 3. The molecule has 0 heteroatoms. The summed E-state index contributed by atoms with van der Waals surface area (Å²) in [6.45, 7) is 4.84. The fourth-order valence-corrected chi connectivity index (χ4v) is 9.67. The number of hydrogen-bond donors (Lipinski definition) is 0. The highest BCUT2D eigenvalue weighted by Gasteiger charge is 2.38. The van der Waals surface area contributed by atoms with Gasteiger partial charge in [-0.15, -0.1) is 0 Å². The summed E-state index contributed by atoms with van der Waals surface area (Å²) in [4.78, 5) is 0. The molecule has 11 rings (SSSR count). The largest absolute Gasteiger partial charge is 0.0622 e. The summed E-state index contributed by atoms with van der Waals surface area (Å²) in [6.07, 6.45) is 0. The van der Waals surface area contributed by atoms with Crippen LogP contribution in [0, 0.1) is 0 Å². The minimum Gasteiger partial charge on any atom is -0.0622 e. The Bertz CT molecular complexity index is 3070. The van der Waals surface area contributed by atoms with Crippen molar-refractivity contribution in [3.63, 3.8) is 0 Å². The molecule has 0 aliphatic heterocycles. The van der Waals surface area contributed by atoms with E-state index in [0.29, 0.717) is 0 Å². The van der Waals surface area contributed by atoms with Crippen molar-refractivity contribution in [2.45, 2.75) is 19.3 Å². The average molecular weight is 673 g/mol. The third kappa shape index (κ3) is 4.30. The fourth-order valence-electron chi connectivity index (χ4n) is 9.67. The molecule has 0 N–H and O–H groups in total. The first-order valence-electron chi connectivity index (χ1n) is 18.7. The molecule has 0 saturated carbocycles. The minimum atomic E-state index is -0.147. The van der Waals surface area contributed by atoms with Crippen molar-refractivity contribution < 1.29 is 0 Å². The minimum absolute atomic E-state index is 0.147. The van der Waals surface area contributed by atoms with Crippen LogP contribution in [0.15, 0.2) is 182 Å². The molecule has 1 aliphatic rings. The van der Waals surface area contributed by atoms with Crippen molar-refractivity contribution in [3.05, 3.63) is 193 Å². The third-order valence-electron chi connectivity index (χ3n) is 12.0. The van der Waals surface area contributed by atoms with Gasteiger partial charge in [0.15, 0.2) is 0 Å². The van der Waals surface area contributed by atoms with Gasteiger partial charge >= 0.3 is 0 Å². The predicted molar refractivity (Wildman–Crippen MR) is 228 cm³/mol. The lowest BCUT2D eigenvalue weighted by Gasteiger charge is -2.25. The van der Waals surface area contributed by atoms with Gasteiger partial charge in [0.05, 0.1) is 0 Å². The summed E-state index contributed by atoms with van der Waals surface area (Å²) in [6, 6.07) is 67.7. The molecule has 0 fully saturated rings. The highest BCUT2D eigenvalue weighted by atomic mass is 14.4. The predicted octanol–water partition coefficient (Wildman–Crippen LogP) is 14.8. The molecule has 1 aliphatic carbocycles. The van der Waals surface area contributed by atoms with Gasteiger partial charge in [0.25, 0.3) is 0 Å². The van der Waals surface area contributed by atoms with Crippen LogP contribution in [0.2, 0.25) is 0 Å². The van der Waals surface area contributed by atoms with E-state index in [2.05, 4.69) is 196 Å². The van der Waals surface area contributed by atoms with E-state index >= 15 is 0 Å². The normalized spacial score (nSPS) is 13.2. The van der Waals surface area contributed by atoms with Crippen LogP contribution >= 0.6 is 0 Å². The summed E-state index contributed by atoms with van der Waals surface area (Å²) in [5.41, 5.74) is 13.0. The highest BCUT2D eigenvalue weighted by molar-refractivity contribution is 6.24. The van der Waals surface area contributed by atoms with E-state index in [9.17, 15) is 0 Å². The van der Waals surface area contributed by atoms with E-state index < -0.39 is 0 Å². The molecule has 10 aromatic rings. The van der Waals surface area contributed by atoms with Crippen molar-refractivity contribution in [1.82, 2.24) is 0 Å². The van der Waals surface area contributed by atoms with E-state index in [4.69, 9.17) is 0 Å². The van der Waals surface area contributed by atoms with Crippen molar-refractivity contribution in [1.29, 1.82) is 0 Å². The first-order valence-corrected chi connectivity index (χ1v) is 18.7. The van der Waals surface area contributed by atoms with Gasteiger partial charge in [0.1, 0.15) is 0 Å². The van der Waals surface area contributed by atoms with Gasteiger partial charge < -0.3 is 0 Å². The number of benzene rings is 10. The molecule has 0 unspecified atom stereocenters. The van der Waals surface area contributed by atoms with E-state index in [1.165, 1.54) is 109 Å². The molecular formula is C53H36. The molecular weight excluding hydrogens is 637 g/mol. The second-order valence-corrected chi connectivity index (χ2v) is 15.2. The van der Waals surface area contributed by atoms with Gasteiger partial charge in [-0.2, -0.15) is 0 Å². The third-order valence-corrected chi connectivity index (χ3v) is 12.0. The Morgan fingerprint density at radius 3 is 1.47 bits per heavy atom. The lowest BCUT2D eigenvalue weighted by molar-refractivity contribution is 0.667. The van der Waals surface area contributed by atoms with Crippen LogP contribution in [-0.2, 0) is 5.41 Å². The average Bonchev–Trinajstić information content (AvgIpc) is 3.45. The first-order chi connectivity index (χ1) is 26.1. The van der Waals surface area contributed by atoms with Crippen LogP contribution < -0.4 is 0 Å². The summed E-state index contributed by atoms with van der Waals surface area (Å²) in [7, 11) is 0. The second-order valence-electron chi connectivity index (χ2n) is 15.2. The zero-order valence-electron chi connectivity index (χ0n) is 29.8. The lowest BCUT2D eigenvalue weighted by atomic mass is 9.78. The molecule has 248 valence electrons. The maximum atomic E-state index is 2.49. The fraction of sp³-hybridized carbons (Fsp3) is 0.0566. The summed E-state index contributed by atoms with van der Waals surface area (Å²) in [5.74, 6) is 0. The molecule has 0 saturated heterocycles. The Labute approximate surface area is 309 Å². The van der Waals surface area contributed by atoms with Crippen LogP contribution in [0.5, 0.6) is 0 Å². The molecule has 53 heavy (non-hydrogen) atoms. The van der Waals surface area contributed by atoms with Gasteiger partial charge in [-0.25, -0.2) is 0 Å². The number of fused-ring (bicyclic) bond motifs is 11. The Balaban J connectivity index is 1.21. The molecule has 10 aromatic carbocycles. The summed E-state index contributed by atoms with van der Waals surface area (Å²) in [5, 5.41) is 13.0. The second kappa shape index (κ2) is 11.2. The summed E-state index contributed by atoms with van der Waals surface area (Å²) >= 11 is 0. The van der Waals surface area contributed by atoms with Crippen molar-refractivity contribution in [2.75, 3.05) is 0 Å². The van der Waals surface area contributed by atoms with Gasteiger partial charge in [0.2, 0.25) is 0 Å². The van der Waals surface area contributed by atoms with Crippen molar-refractivity contribution in [3.8, 4) is 44.5 Å². The standard InChI is InChI=1S/C53H36/c1-53(2)48-32-35-19-7-6-18-34(35)30-47(48)51-40-23-11-9-21-38(40)46-31-36(28-29-45(46)52(51)53)49-41-24-12-14-26-43(41)50(44-27-15-13-25-42(44)49)39-22-10-8-20-37(39)33-16-4-3-5-17-33/h3-32H,1-2H3.